The number of nitrogens with two attached hydrogens (primary N) is 3. The van der Waals surface area contributed by atoms with E-state index in [2.05, 4.69) is 10.3 Å². The number of rotatable bonds is 8. The van der Waals surface area contributed by atoms with Crippen LogP contribution in [0.25, 0.3) is 11.1 Å². The van der Waals surface area contributed by atoms with Crippen molar-refractivity contribution in [3.05, 3.63) is 89.1 Å². The number of nitrogen functional groups attached to an aromatic ring is 1. The Morgan fingerprint density at radius 3 is 2.42 bits per heavy atom. The maximum atomic E-state index is 15.5. The molecule has 0 aliphatic rings. The molecule has 0 aliphatic heterocycles. The molecule has 1 amide bonds. The molecule has 10 N–H and O–H groups in total. The Hall–Kier alpha value is -5.72. The minimum absolute atomic E-state index is 0.0782. The molecule has 0 spiro atoms. The van der Waals surface area contributed by atoms with E-state index in [0.29, 0.717) is 5.69 Å². The van der Waals surface area contributed by atoms with Gasteiger partial charge in [-0.05, 0) is 49.4 Å². The number of benzene rings is 3. The quantitative estimate of drug-likeness (QED) is 0.125. The first-order valence-electron chi connectivity index (χ1n) is 11.5. The number of pyridine rings is 1. The van der Waals surface area contributed by atoms with E-state index in [4.69, 9.17) is 37.5 Å². The van der Waals surface area contributed by atoms with E-state index in [-0.39, 0.29) is 62.7 Å². The molecule has 3 aromatic carbocycles. The van der Waals surface area contributed by atoms with Crippen molar-refractivity contribution in [2.24, 2.45) is 17.2 Å². The number of amidine groups is 1. The summed E-state index contributed by atoms with van der Waals surface area (Å²) in [6, 6.07) is 12.2. The monoisotopic (exact) mass is 547 g/mol. The van der Waals surface area contributed by atoms with Crippen LogP contribution in [-0.4, -0.2) is 27.8 Å². The highest BCUT2D eigenvalue weighted by Gasteiger charge is 2.26. The molecule has 0 atom stereocenters. The number of nitrogens with zero attached hydrogens (tertiary/aromatic N) is 1. The predicted molar refractivity (Wildman–Crippen MR) is 144 cm³/mol. The number of hydrogen-bond donors (Lipinski definition) is 7. The Morgan fingerprint density at radius 2 is 1.75 bits per heavy atom. The van der Waals surface area contributed by atoms with Crippen LogP contribution in [0.5, 0.6) is 28.9 Å². The van der Waals surface area contributed by atoms with Crippen LogP contribution in [0, 0.1) is 29.4 Å². The molecule has 0 aliphatic carbocycles. The average molecular weight is 548 g/mol. The van der Waals surface area contributed by atoms with E-state index >= 15 is 4.39 Å². The second-order valence-electron chi connectivity index (χ2n) is 8.44. The average Bonchev–Trinajstić information content (AvgIpc) is 2.89. The number of hydrogen-bond acceptors (Lipinski definition) is 7. The lowest BCUT2D eigenvalue weighted by Crippen LogP contribution is -2.20. The van der Waals surface area contributed by atoms with Crippen LogP contribution in [0.4, 0.5) is 14.5 Å². The molecule has 4 aromatic rings. The lowest BCUT2D eigenvalue weighted by Gasteiger charge is -2.18. The third-order valence-electron chi connectivity index (χ3n) is 5.67. The Labute approximate surface area is 226 Å². The van der Waals surface area contributed by atoms with Crippen molar-refractivity contribution in [3.8, 4) is 40.0 Å². The Kier molecular flexibility index (Phi) is 7.48. The Balaban J connectivity index is 1.88. The van der Waals surface area contributed by atoms with Gasteiger partial charge in [-0.1, -0.05) is 6.07 Å². The minimum Gasteiger partial charge on any atom is -0.504 e. The molecule has 11 nitrogen and oxygen atoms in total. The second kappa shape index (κ2) is 10.9. The zero-order valence-electron chi connectivity index (χ0n) is 20.9. The van der Waals surface area contributed by atoms with Gasteiger partial charge in [0.25, 0.3) is 5.91 Å². The number of anilines is 1. The number of ether oxygens (including phenoxy) is 2. The molecule has 204 valence electrons. The third kappa shape index (κ3) is 5.57. The summed E-state index contributed by atoms with van der Waals surface area (Å²) in [5.74, 6) is -4.94. The van der Waals surface area contributed by atoms with Crippen LogP contribution >= 0.6 is 0 Å². The van der Waals surface area contributed by atoms with E-state index in [1.165, 1.54) is 49.5 Å². The van der Waals surface area contributed by atoms with Gasteiger partial charge in [0.15, 0.2) is 29.0 Å². The lowest BCUT2D eigenvalue weighted by molar-refractivity contribution is 0.0998. The number of aromatic nitrogens is 1. The highest BCUT2D eigenvalue weighted by molar-refractivity contribution is 6.03. The summed E-state index contributed by atoms with van der Waals surface area (Å²) in [4.78, 5) is 16.7. The van der Waals surface area contributed by atoms with Gasteiger partial charge < -0.3 is 37.1 Å². The van der Waals surface area contributed by atoms with Crippen molar-refractivity contribution in [2.45, 2.75) is 6.92 Å². The molecule has 4 rings (SSSR count). The number of primary amides is 1. The van der Waals surface area contributed by atoms with Gasteiger partial charge in [0.1, 0.15) is 23.0 Å². The number of phenols is 1. The molecule has 40 heavy (non-hydrogen) atoms. The molecule has 0 unspecified atom stereocenters. The van der Waals surface area contributed by atoms with Crippen LogP contribution in [0.2, 0.25) is 0 Å². The first-order valence-corrected chi connectivity index (χ1v) is 11.5. The van der Waals surface area contributed by atoms with Gasteiger partial charge in [-0.25, -0.2) is 13.8 Å². The third-order valence-corrected chi connectivity index (χ3v) is 5.67. The summed E-state index contributed by atoms with van der Waals surface area (Å²) in [5.41, 5.74) is 16.1. The summed E-state index contributed by atoms with van der Waals surface area (Å²) in [6.45, 7) is 1.22. The van der Waals surface area contributed by atoms with E-state index in [0.717, 1.165) is 6.07 Å². The Morgan fingerprint density at radius 1 is 1.00 bits per heavy atom. The molecular formula is C27H23F2N7O4. The van der Waals surface area contributed by atoms with Crippen molar-refractivity contribution in [3.63, 3.8) is 0 Å². The van der Waals surface area contributed by atoms with Crippen LogP contribution in [0.1, 0.15) is 21.5 Å². The van der Waals surface area contributed by atoms with Gasteiger partial charge >= 0.3 is 0 Å². The molecule has 0 saturated carbocycles. The van der Waals surface area contributed by atoms with Gasteiger partial charge in [-0.2, -0.15) is 0 Å². The van der Waals surface area contributed by atoms with Gasteiger partial charge in [-0.3, -0.25) is 15.6 Å². The fourth-order valence-corrected chi connectivity index (χ4v) is 3.75. The maximum absolute atomic E-state index is 15.5. The topological polar surface area (TPSA) is 206 Å². The van der Waals surface area contributed by atoms with Crippen LogP contribution in [-0.2, 0) is 0 Å². The smallest absolute Gasteiger partial charge is 0.254 e. The SMILES string of the molecule is Cc1c(F)cc(-c2ccnc(Oc3cc(C(=N)N)ccc3O)c2C(N)=O)c(Oc2cccc(NC(=N)N)c2)c1F. The number of amides is 1. The van der Waals surface area contributed by atoms with Crippen molar-refractivity contribution < 1.29 is 28.2 Å². The van der Waals surface area contributed by atoms with E-state index in [9.17, 15) is 14.3 Å². The number of aromatic hydroxyl groups is 1. The van der Waals surface area contributed by atoms with Gasteiger partial charge in [0.05, 0.1) is 0 Å². The second-order valence-corrected chi connectivity index (χ2v) is 8.44. The lowest BCUT2D eigenvalue weighted by atomic mass is 9.97. The molecule has 13 heteroatoms. The first kappa shape index (κ1) is 27.3. The summed E-state index contributed by atoms with van der Waals surface area (Å²) < 4.78 is 41.8. The van der Waals surface area contributed by atoms with Crippen LogP contribution in [0.3, 0.4) is 0 Å². The van der Waals surface area contributed by atoms with E-state index in [1.807, 2.05) is 0 Å². The highest BCUT2D eigenvalue weighted by Crippen LogP contribution is 2.42. The number of nitrogens with one attached hydrogen (secondary N) is 3. The number of carbonyl (C=O) groups excluding carboxylic acids is 1. The Bertz CT molecular complexity index is 1680. The van der Waals surface area contributed by atoms with E-state index < -0.39 is 23.3 Å². The predicted octanol–water partition coefficient (Wildman–Crippen LogP) is 4.31. The molecule has 1 aromatic heterocycles. The summed E-state index contributed by atoms with van der Waals surface area (Å²) in [7, 11) is 0. The normalized spacial score (nSPS) is 10.6. The fourth-order valence-electron chi connectivity index (χ4n) is 3.75. The summed E-state index contributed by atoms with van der Waals surface area (Å²) in [5, 5.41) is 27.8. The van der Waals surface area contributed by atoms with Crippen LogP contribution < -0.4 is 32.0 Å². The molecular weight excluding hydrogens is 524 g/mol. The van der Waals surface area contributed by atoms with Gasteiger partial charge in [0, 0.05) is 40.2 Å². The van der Waals surface area contributed by atoms with E-state index in [1.54, 1.807) is 12.1 Å². The molecule has 0 radical (unpaired) electrons. The van der Waals surface area contributed by atoms with Gasteiger partial charge in [0.2, 0.25) is 5.88 Å². The van der Waals surface area contributed by atoms with Crippen LogP contribution in [0.15, 0.2) is 60.8 Å². The molecule has 1 heterocycles. The maximum Gasteiger partial charge on any atom is 0.254 e. The fraction of sp³-hybridized carbons (Fsp3) is 0.0370. The van der Waals surface area contributed by atoms with Crippen molar-refractivity contribution in [1.82, 2.24) is 4.98 Å². The number of guanidine groups is 1. The first-order chi connectivity index (χ1) is 19.0. The zero-order valence-corrected chi connectivity index (χ0v) is 20.9. The standard InChI is InChI=1S/C27H23F2N7O4/c1-12-18(28)11-17(23(22(12)29)39-15-4-2-3-14(10-15)36-27(33)34)16-7-8-35-26(21(16)25(32)38)40-20-9-13(24(30)31)5-6-19(20)37/h2-11,37H,1H3,(H3,30,31)(H2,32,38)(H4,33,34,36). The van der Waals surface area contributed by atoms with Crippen molar-refractivity contribution in [1.29, 1.82) is 10.8 Å². The summed E-state index contributed by atoms with van der Waals surface area (Å²) >= 11 is 0. The van der Waals surface area contributed by atoms with Gasteiger partial charge in [-0.15, -0.1) is 0 Å². The molecule has 0 bridgehead atoms. The highest BCUT2D eigenvalue weighted by atomic mass is 19.1. The minimum atomic E-state index is -1.06. The number of halogens is 2. The van der Waals surface area contributed by atoms with Crippen molar-refractivity contribution in [2.75, 3.05) is 5.32 Å². The van der Waals surface area contributed by atoms with Crippen molar-refractivity contribution >= 4 is 23.4 Å². The number of carbonyl (C=O) groups is 1. The largest absolute Gasteiger partial charge is 0.504 e. The zero-order chi connectivity index (χ0) is 29.1. The molecule has 0 saturated heterocycles. The summed E-state index contributed by atoms with van der Waals surface area (Å²) in [6.07, 6.45) is 1.21. The molecule has 0 fully saturated rings. The number of phenolic OH excluding ortho intramolecular Hbond substituents is 1.